The number of nitrogens with two attached hydrogens (primary N) is 1. The molecule has 28 heavy (non-hydrogen) atoms. The lowest BCUT2D eigenvalue weighted by Gasteiger charge is -2.27. The van der Waals surface area contributed by atoms with Gasteiger partial charge in [0.25, 0.3) is 0 Å². The summed E-state index contributed by atoms with van der Waals surface area (Å²) >= 11 is 0. The van der Waals surface area contributed by atoms with Crippen LogP contribution < -0.4 is 10.5 Å². The number of ether oxygens (including phenoxy) is 1. The minimum atomic E-state index is -0.676. The number of hydrogen-bond acceptors (Lipinski definition) is 7. The Balaban J connectivity index is 2.10. The number of phenolic OH excluding ortho intramolecular Hbond substituents is 2. The first-order valence-corrected chi connectivity index (χ1v) is 9.00. The molecule has 0 saturated heterocycles. The minimum absolute atomic E-state index is 0.00696. The summed E-state index contributed by atoms with van der Waals surface area (Å²) in [5.41, 5.74) is 6.34. The molecular weight excluding hydrogens is 362 g/mol. The van der Waals surface area contributed by atoms with Gasteiger partial charge in [0.15, 0.2) is 11.6 Å². The van der Waals surface area contributed by atoms with Gasteiger partial charge < -0.3 is 20.7 Å². The van der Waals surface area contributed by atoms with Crippen molar-refractivity contribution in [3.05, 3.63) is 45.0 Å². The first-order valence-electron chi connectivity index (χ1n) is 9.00. The van der Waals surface area contributed by atoms with Crippen LogP contribution in [0.25, 0.3) is 0 Å². The van der Waals surface area contributed by atoms with E-state index in [1.54, 1.807) is 0 Å². The second-order valence-electron chi connectivity index (χ2n) is 7.12. The van der Waals surface area contributed by atoms with E-state index in [0.29, 0.717) is 24.0 Å². The zero-order valence-corrected chi connectivity index (χ0v) is 15.5. The monoisotopic (exact) mass is 381 g/mol. The van der Waals surface area contributed by atoms with Crippen molar-refractivity contribution in [2.75, 3.05) is 12.8 Å². The Morgan fingerprint density at radius 3 is 2.04 bits per heavy atom. The van der Waals surface area contributed by atoms with Gasteiger partial charge in [-0.2, -0.15) is 0 Å². The SMILES string of the molecule is COc1c(C(C)=O)c(N)cc2c1C(=O)c1c(O)c3c(c(O)c1C2=O)CCCC3. The molecule has 0 amide bonds. The molecule has 0 aliphatic heterocycles. The number of carbonyl (C=O) groups is 3. The van der Waals surface area contributed by atoms with Crippen molar-refractivity contribution in [2.45, 2.75) is 32.6 Å². The number of ketones is 3. The van der Waals surface area contributed by atoms with Crippen molar-refractivity contribution < 1.29 is 29.3 Å². The number of nitrogen functional groups attached to an aromatic ring is 1. The van der Waals surface area contributed by atoms with Gasteiger partial charge in [0.05, 0.1) is 29.4 Å². The lowest BCUT2D eigenvalue weighted by atomic mass is 9.77. The van der Waals surface area contributed by atoms with Crippen LogP contribution in [-0.2, 0) is 12.8 Å². The van der Waals surface area contributed by atoms with Crippen molar-refractivity contribution in [3.63, 3.8) is 0 Å². The number of Topliss-reactive ketones (excluding diaryl/α,β-unsaturated/α-hetero) is 1. The molecule has 2 aromatic rings. The number of anilines is 1. The summed E-state index contributed by atoms with van der Waals surface area (Å²) in [5.74, 6) is -2.37. The molecule has 0 saturated carbocycles. The molecule has 7 nitrogen and oxygen atoms in total. The lowest BCUT2D eigenvalue weighted by molar-refractivity contribution is 0.0969. The number of carbonyl (C=O) groups excluding carboxylic acids is 3. The average molecular weight is 381 g/mol. The molecule has 4 rings (SSSR count). The van der Waals surface area contributed by atoms with Crippen LogP contribution in [0.5, 0.6) is 17.2 Å². The van der Waals surface area contributed by atoms with Gasteiger partial charge in [0, 0.05) is 22.4 Å². The quantitative estimate of drug-likeness (QED) is 0.354. The highest BCUT2D eigenvalue weighted by Gasteiger charge is 2.41. The molecule has 144 valence electrons. The number of fused-ring (bicyclic) bond motifs is 3. The normalized spacial score (nSPS) is 14.9. The van der Waals surface area contributed by atoms with E-state index < -0.39 is 17.3 Å². The molecule has 0 atom stereocenters. The molecule has 0 bridgehead atoms. The van der Waals surface area contributed by atoms with E-state index in [0.717, 1.165) is 12.8 Å². The molecule has 0 aromatic heterocycles. The first-order chi connectivity index (χ1) is 13.3. The molecule has 2 aromatic carbocycles. The number of benzene rings is 2. The number of hydrogen-bond donors (Lipinski definition) is 3. The van der Waals surface area contributed by atoms with E-state index in [9.17, 15) is 24.6 Å². The summed E-state index contributed by atoms with van der Waals surface area (Å²) in [6.45, 7) is 1.28. The van der Waals surface area contributed by atoms with E-state index >= 15 is 0 Å². The van der Waals surface area contributed by atoms with Gasteiger partial charge in [-0.3, -0.25) is 14.4 Å². The molecule has 0 heterocycles. The van der Waals surface area contributed by atoms with Gasteiger partial charge in [-0.1, -0.05) is 0 Å². The zero-order chi connectivity index (χ0) is 20.3. The lowest BCUT2D eigenvalue weighted by Crippen LogP contribution is -2.25. The fourth-order valence-electron chi connectivity index (χ4n) is 4.32. The number of methoxy groups -OCH3 is 1. The summed E-state index contributed by atoms with van der Waals surface area (Å²) < 4.78 is 5.28. The molecule has 0 unspecified atom stereocenters. The van der Waals surface area contributed by atoms with Crippen molar-refractivity contribution >= 4 is 23.0 Å². The van der Waals surface area contributed by atoms with Gasteiger partial charge >= 0.3 is 0 Å². The van der Waals surface area contributed by atoms with Crippen LogP contribution in [0.2, 0.25) is 0 Å². The van der Waals surface area contributed by atoms with E-state index in [2.05, 4.69) is 0 Å². The third kappa shape index (κ3) is 2.19. The van der Waals surface area contributed by atoms with Gasteiger partial charge in [0.2, 0.25) is 5.78 Å². The summed E-state index contributed by atoms with van der Waals surface area (Å²) in [7, 11) is 1.28. The Hall–Kier alpha value is -3.35. The molecule has 4 N–H and O–H groups in total. The van der Waals surface area contributed by atoms with E-state index in [1.165, 1.54) is 20.1 Å². The summed E-state index contributed by atoms with van der Waals surface area (Å²) in [4.78, 5) is 38.5. The van der Waals surface area contributed by atoms with Crippen molar-refractivity contribution in [1.82, 2.24) is 0 Å². The number of aromatic hydroxyl groups is 2. The van der Waals surface area contributed by atoms with Crippen LogP contribution in [0.4, 0.5) is 5.69 Å². The average Bonchev–Trinajstić information content (AvgIpc) is 2.67. The standard InChI is InChI=1S/C21H19NO6/c1-8(23)13-12(22)7-11-14(21(13)28-2)20(27)16-15(19(11)26)17(24)9-5-3-4-6-10(9)18(16)25/h7,24-25H,3-6,22H2,1-2H3. The summed E-state index contributed by atoms with van der Waals surface area (Å²) in [6.07, 6.45) is 2.66. The fourth-order valence-corrected chi connectivity index (χ4v) is 4.32. The molecule has 0 spiro atoms. The Morgan fingerprint density at radius 1 is 1.00 bits per heavy atom. The van der Waals surface area contributed by atoms with E-state index in [-0.39, 0.29) is 50.8 Å². The van der Waals surface area contributed by atoms with Crippen molar-refractivity contribution in [3.8, 4) is 17.2 Å². The fraction of sp³-hybridized carbons (Fsp3) is 0.286. The second-order valence-corrected chi connectivity index (χ2v) is 7.12. The molecule has 0 fully saturated rings. The molecular formula is C21H19NO6. The van der Waals surface area contributed by atoms with E-state index in [1.807, 2.05) is 0 Å². The predicted octanol–water partition coefficient (Wildman–Crippen LogP) is 2.55. The first kappa shape index (κ1) is 18.0. The maximum atomic E-state index is 13.3. The smallest absolute Gasteiger partial charge is 0.202 e. The van der Waals surface area contributed by atoms with Crippen LogP contribution in [0.15, 0.2) is 6.07 Å². The number of rotatable bonds is 2. The topological polar surface area (TPSA) is 127 Å². The third-order valence-electron chi connectivity index (χ3n) is 5.56. The summed E-state index contributed by atoms with van der Waals surface area (Å²) in [5, 5.41) is 21.6. The van der Waals surface area contributed by atoms with Crippen molar-refractivity contribution in [2.24, 2.45) is 0 Å². The number of phenols is 2. The molecule has 0 radical (unpaired) electrons. The molecule has 2 aliphatic carbocycles. The van der Waals surface area contributed by atoms with Gasteiger partial charge in [-0.15, -0.1) is 0 Å². The van der Waals surface area contributed by atoms with Crippen LogP contribution in [0.1, 0.15) is 73.1 Å². The molecule has 2 aliphatic rings. The Labute approximate surface area is 160 Å². The molecule has 7 heteroatoms. The maximum Gasteiger partial charge on any atom is 0.202 e. The highest BCUT2D eigenvalue weighted by Crippen LogP contribution is 2.48. The minimum Gasteiger partial charge on any atom is -0.507 e. The Morgan fingerprint density at radius 2 is 1.54 bits per heavy atom. The Bertz CT molecular complexity index is 1100. The highest BCUT2D eigenvalue weighted by atomic mass is 16.5. The predicted molar refractivity (Wildman–Crippen MR) is 101 cm³/mol. The van der Waals surface area contributed by atoms with Crippen LogP contribution in [-0.4, -0.2) is 34.7 Å². The van der Waals surface area contributed by atoms with Crippen LogP contribution in [0, 0.1) is 0 Å². The van der Waals surface area contributed by atoms with Gasteiger partial charge in [-0.25, -0.2) is 0 Å². The Kier molecular flexibility index (Phi) is 3.92. The largest absolute Gasteiger partial charge is 0.507 e. The second kappa shape index (κ2) is 6.09. The third-order valence-corrected chi connectivity index (χ3v) is 5.56. The maximum absolute atomic E-state index is 13.3. The van der Waals surface area contributed by atoms with Gasteiger partial charge in [-0.05, 0) is 38.7 Å². The van der Waals surface area contributed by atoms with E-state index in [4.69, 9.17) is 10.5 Å². The zero-order valence-electron chi connectivity index (χ0n) is 15.5. The van der Waals surface area contributed by atoms with Gasteiger partial charge in [0.1, 0.15) is 17.2 Å². The van der Waals surface area contributed by atoms with Crippen LogP contribution in [0.3, 0.4) is 0 Å². The van der Waals surface area contributed by atoms with Crippen LogP contribution >= 0.6 is 0 Å². The summed E-state index contributed by atoms with van der Waals surface area (Å²) in [6, 6.07) is 1.26. The highest BCUT2D eigenvalue weighted by molar-refractivity contribution is 6.32. The van der Waals surface area contributed by atoms with Crippen molar-refractivity contribution in [1.29, 1.82) is 0 Å².